The molecule has 1 aromatic heterocycles. The third kappa shape index (κ3) is 3.16. The first-order chi connectivity index (χ1) is 11.8. The number of carboxylic acid groups (broad SMARTS) is 1. The van der Waals surface area contributed by atoms with Crippen molar-refractivity contribution >= 4 is 46.9 Å². The molecule has 3 N–H and O–H groups in total. The normalized spacial score (nSPS) is 15.4. The van der Waals surface area contributed by atoms with Gasteiger partial charge in [0.25, 0.3) is 5.91 Å². The van der Waals surface area contributed by atoms with Crippen LogP contribution in [-0.4, -0.2) is 26.7 Å². The molecule has 1 aliphatic heterocycles. The zero-order valence-corrected chi connectivity index (χ0v) is 15.0. The SMILES string of the molecule is Cc1cc(/C=C2/NC(=S)NC2=O)c(C)n1-c1ccc(C(=O)O)c(Cl)c1. The molecule has 128 valence electrons. The van der Waals surface area contributed by atoms with E-state index in [4.69, 9.17) is 28.9 Å². The van der Waals surface area contributed by atoms with Gasteiger partial charge in [0.05, 0.1) is 10.6 Å². The summed E-state index contributed by atoms with van der Waals surface area (Å²) < 4.78 is 1.94. The van der Waals surface area contributed by atoms with Gasteiger partial charge >= 0.3 is 5.97 Å². The minimum Gasteiger partial charge on any atom is -0.478 e. The maximum atomic E-state index is 11.8. The van der Waals surface area contributed by atoms with Crippen LogP contribution in [0.3, 0.4) is 0 Å². The number of amides is 1. The third-order valence-corrected chi connectivity index (χ3v) is 4.45. The highest BCUT2D eigenvalue weighted by molar-refractivity contribution is 7.80. The van der Waals surface area contributed by atoms with Crippen molar-refractivity contribution in [1.29, 1.82) is 0 Å². The maximum absolute atomic E-state index is 11.8. The van der Waals surface area contributed by atoms with Gasteiger partial charge in [-0.25, -0.2) is 4.79 Å². The molecular formula is C17H14ClN3O3S. The fourth-order valence-electron chi connectivity index (χ4n) is 2.79. The molecule has 0 bridgehead atoms. The lowest BCUT2D eigenvalue weighted by atomic mass is 10.2. The smallest absolute Gasteiger partial charge is 0.337 e. The van der Waals surface area contributed by atoms with Crippen molar-refractivity contribution in [2.24, 2.45) is 0 Å². The highest BCUT2D eigenvalue weighted by atomic mass is 35.5. The third-order valence-electron chi connectivity index (χ3n) is 3.93. The Morgan fingerprint density at radius 3 is 2.56 bits per heavy atom. The van der Waals surface area contributed by atoms with E-state index in [-0.39, 0.29) is 21.6 Å². The minimum absolute atomic E-state index is 0.0514. The Morgan fingerprint density at radius 1 is 1.28 bits per heavy atom. The number of halogens is 1. The topological polar surface area (TPSA) is 83.4 Å². The minimum atomic E-state index is -1.07. The van der Waals surface area contributed by atoms with Gasteiger partial charge < -0.3 is 15.0 Å². The first-order valence-electron chi connectivity index (χ1n) is 7.34. The molecule has 3 rings (SSSR count). The highest BCUT2D eigenvalue weighted by Gasteiger charge is 2.21. The molecule has 0 spiro atoms. The summed E-state index contributed by atoms with van der Waals surface area (Å²) in [5, 5.41) is 14.9. The van der Waals surface area contributed by atoms with Crippen molar-refractivity contribution in [3.63, 3.8) is 0 Å². The second-order valence-electron chi connectivity index (χ2n) is 5.60. The molecule has 2 heterocycles. The number of carboxylic acids is 1. The summed E-state index contributed by atoms with van der Waals surface area (Å²) in [7, 11) is 0. The summed E-state index contributed by atoms with van der Waals surface area (Å²) in [6.45, 7) is 3.82. The average molecular weight is 376 g/mol. The molecule has 1 aromatic carbocycles. The van der Waals surface area contributed by atoms with Crippen LogP contribution in [0.15, 0.2) is 30.0 Å². The molecule has 25 heavy (non-hydrogen) atoms. The van der Waals surface area contributed by atoms with Gasteiger partial charge in [0.1, 0.15) is 5.70 Å². The molecule has 0 unspecified atom stereocenters. The number of nitrogens with one attached hydrogen (secondary N) is 2. The number of aryl methyl sites for hydroxylation is 1. The Bertz CT molecular complexity index is 962. The van der Waals surface area contributed by atoms with Crippen LogP contribution in [0.25, 0.3) is 11.8 Å². The Hall–Kier alpha value is -2.64. The predicted molar refractivity (Wildman–Crippen MR) is 99.1 cm³/mol. The Balaban J connectivity index is 2.05. The molecule has 0 saturated carbocycles. The lowest BCUT2D eigenvalue weighted by molar-refractivity contribution is -0.115. The Labute approximate surface area is 154 Å². The first-order valence-corrected chi connectivity index (χ1v) is 8.12. The molecule has 2 aromatic rings. The van der Waals surface area contributed by atoms with E-state index in [2.05, 4.69) is 10.6 Å². The van der Waals surface area contributed by atoms with Gasteiger partial charge in [-0.1, -0.05) is 11.6 Å². The van der Waals surface area contributed by atoms with Gasteiger partial charge in [-0.05, 0) is 62.0 Å². The first kappa shape index (κ1) is 17.2. The zero-order chi connectivity index (χ0) is 18.3. The number of thiocarbonyl (C=S) groups is 1. The number of rotatable bonds is 3. The van der Waals surface area contributed by atoms with Gasteiger partial charge in [-0.2, -0.15) is 0 Å². The monoisotopic (exact) mass is 375 g/mol. The molecule has 1 amide bonds. The van der Waals surface area contributed by atoms with Crippen LogP contribution >= 0.6 is 23.8 Å². The number of benzene rings is 1. The molecule has 8 heteroatoms. The van der Waals surface area contributed by atoms with Crippen molar-refractivity contribution in [2.45, 2.75) is 13.8 Å². The largest absolute Gasteiger partial charge is 0.478 e. The van der Waals surface area contributed by atoms with E-state index in [0.29, 0.717) is 5.70 Å². The molecule has 1 fully saturated rings. The lowest BCUT2D eigenvalue weighted by Gasteiger charge is -2.11. The van der Waals surface area contributed by atoms with Gasteiger partial charge in [0, 0.05) is 17.1 Å². The van der Waals surface area contributed by atoms with Crippen LogP contribution in [0, 0.1) is 13.8 Å². The Morgan fingerprint density at radius 2 is 2.00 bits per heavy atom. The van der Waals surface area contributed by atoms with Crippen LogP contribution in [0.4, 0.5) is 0 Å². The lowest BCUT2D eigenvalue weighted by Crippen LogP contribution is -2.21. The van der Waals surface area contributed by atoms with Crippen molar-refractivity contribution in [2.75, 3.05) is 0 Å². The highest BCUT2D eigenvalue weighted by Crippen LogP contribution is 2.26. The number of nitrogens with zero attached hydrogens (tertiary/aromatic N) is 1. The predicted octanol–water partition coefficient (Wildman–Crippen LogP) is 2.79. The van der Waals surface area contributed by atoms with Crippen LogP contribution in [0.1, 0.15) is 27.3 Å². The number of aromatic nitrogens is 1. The van der Waals surface area contributed by atoms with Gasteiger partial charge in [0.2, 0.25) is 0 Å². The zero-order valence-electron chi connectivity index (χ0n) is 13.4. The van der Waals surface area contributed by atoms with E-state index < -0.39 is 5.97 Å². The van der Waals surface area contributed by atoms with E-state index >= 15 is 0 Å². The summed E-state index contributed by atoms with van der Waals surface area (Å²) >= 11 is 11.0. The second kappa shape index (κ2) is 6.34. The van der Waals surface area contributed by atoms with Gasteiger partial charge in [0.15, 0.2) is 5.11 Å². The molecule has 1 saturated heterocycles. The number of aromatic carboxylic acids is 1. The maximum Gasteiger partial charge on any atom is 0.337 e. The van der Waals surface area contributed by atoms with Gasteiger partial charge in [-0.3, -0.25) is 10.1 Å². The van der Waals surface area contributed by atoms with Crippen LogP contribution in [-0.2, 0) is 4.79 Å². The van der Waals surface area contributed by atoms with Gasteiger partial charge in [-0.15, -0.1) is 0 Å². The van der Waals surface area contributed by atoms with Crippen LogP contribution in [0.5, 0.6) is 0 Å². The van der Waals surface area contributed by atoms with Crippen molar-refractivity contribution in [3.05, 3.63) is 57.5 Å². The van der Waals surface area contributed by atoms with E-state index in [0.717, 1.165) is 22.6 Å². The summed E-state index contributed by atoms with van der Waals surface area (Å²) in [6, 6.07) is 6.71. The fraction of sp³-hybridized carbons (Fsp3) is 0.118. The average Bonchev–Trinajstić information content (AvgIpc) is 2.98. The molecule has 0 atom stereocenters. The van der Waals surface area contributed by atoms with Crippen molar-refractivity contribution in [3.8, 4) is 5.69 Å². The van der Waals surface area contributed by atoms with Crippen LogP contribution in [0.2, 0.25) is 5.02 Å². The molecule has 0 aliphatic carbocycles. The molecular weight excluding hydrogens is 362 g/mol. The number of carbonyl (C=O) groups is 2. The van der Waals surface area contributed by atoms with E-state index in [1.165, 1.54) is 6.07 Å². The second-order valence-corrected chi connectivity index (χ2v) is 6.41. The Kier molecular flexibility index (Phi) is 4.36. The number of hydrogen-bond acceptors (Lipinski definition) is 3. The number of carbonyl (C=O) groups excluding carboxylic acids is 1. The number of hydrogen-bond donors (Lipinski definition) is 3. The summed E-state index contributed by atoms with van der Waals surface area (Å²) in [6.07, 6.45) is 1.72. The molecule has 1 aliphatic rings. The van der Waals surface area contributed by atoms with E-state index in [9.17, 15) is 9.59 Å². The van der Waals surface area contributed by atoms with Crippen molar-refractivity contribution < 1.29 is 14.7 Å². The molecule has 0 radical (unpaired) electrons. The summed E-state index contributed by atoms with van der Waals surface area (Å²) in [5.41, 5.74) is 3.83. The van der Waals surface area contributed by atoms with Crippen LogP contribution < -0.4 is 10.6 Å². The van der Waals surface area contributed by atoms with E-state index in [1.807, 2.05) is 24.5 Å². The quantitative estimate of drug-likeness (QED) is 0.567. The molecule has 6 nitrogen and oxygen atoms in total. The van der Waals surface area contributed by atoms with E-state index in [1.54, 1.807) is 18.2 Å². The summed E-state index contributed by atoms with van der Waals surface area (Å²) in [5.74, 6) is -1.35. The van der Waals surface area contributed by atoms with Crippen molar-refractivity contribution in [1.82, 2.24) is 15.2 Å². The standard InChI is InChI=1S/C17H14ClN3O3S/c1-8-5-10(6-14-15(22)20-17(25)19-14)9(2)21(8)11-3-4-12(16(23)24)13(18)7-11/h3-7H,1-2H3,(H,23,24)(H2,19,20,22,25)/b14-6+. The fourth-order valence-corrected chi connectivity index (χ4v) is 3.24. The summed E-state index contributed by atoms with van der Waals surface area (Å²) in [4.78, 5) is 22.9.